The first-order chi connectivity index (χ1) is 7.24. The third-order valence-corrected chi connectivity index (χ3v) is 2.52. The van der Waals surface area contributed by atoms with Crippen molar-refractivity contribution >= 4 is 17.6 Å². The van der Waals surface area contributed by atoms with Crippen LogP contribution >= 0.6 is 11.6 Å². The molecule has 5 heteroatoms. The summed E-state index contributed by atoms with van der Waals surface area (Å²) < 4.78 is 4.95. The maximum Gasteiger partial charge on any atom is 0.338 e. The molecule has 80 valence electrons. The van der Waals surface area contributed by atoms with Crippen molar-refractivity contribution in [1.29, 1.82) is 0 Å². The molecule has 2 aliphatic rings. The van der Waals surface area contributed by atoms with Gasteiger partial charge in [-0.1, -0.05) is 11.6 Å². The molecule has 0 radical (unpaired) electrons. The van der Waals surface area contributed by atoms with Gasteiger partial charge in [0.15, 0.2) is 0 Å². The Bertz CT molecular complexity index is 374. The quantitative estimate of drug-likeness (QED) is 0.569. The average molecular weight is 227 g/mol. The van der Waals surface area contributed by atoms with Gasteiger partial charge in [-0.15, -0.1) is 0 Å². The molecule has 0 spiro atoms. The minimum absolute atomic E-state index is 0.235. The monoisotopic (exact) mass is 226 g/mol. The first-order valence-corrected chi connectivity index (χ1v) is 5.07. The number of carbonyl (C=O) groups excluding carboxylic acids is 1. The summed E-state index contributed by atoms with van der Waals surface area (Å²) in [4.78, 5) is 13.4. The lowest BCUT2D eigenvalue weighted by atomic mass is 10.1. The first-order valence-electron chi connectivity index (χ1n) is 4.69. The summed E-state index contributed by atoms with van der Waals surface area (Å²) in [6, 6.07) is 0. The number of carbonyl (C=O) groups is 1. The molecule has 2 rings (SSSR count). The summed E-state index contributed by atoms with van der Waals surface area (Å²) >= 11 is 5.93. The molecule has 0 unspecified atom stereocenters. The van der Waals surface area contributed by atoms with Gasteiger partial charge >= 0.3 is 5.97 Å². The lowest BCUT2D eigenvalue weighted by Crippen LogP contribution is -2.39. The molecule has 0 saturated carbocycles. The third kappa shape index (κ3) is 1.72. The zero-order valence-corrected chi connectivity index (χ0v) is 8.99. The van der Waals surface area contributed by atoms with Gasteiger partial charge in [-0.25, -0.2) is 4.79 Å². The largest absolute Gasteiger partial charge is 0.463 e. The second-order valence-electron chi connectivity index (χ2n) is 3.13. The van der Waals surface area contributed by atoms with E-state index < -0.39 is 0 Å². The highest BCUT2D eigenvalue weighted by atomic mass is 35.5. The van der Waals surface area contributed by atoms with Crippen LogP contribution in [0.2, 0.25) is 0 Å². The molecule has 0 aromatic heterocycles. The predicted octanol–water partition coefficient (Wildman–Crippen LogP) is 1.27. The topological polar surface area (TPSA) is 41.6 Å². The highest BCUT2D eigenvalue weighted by Crippen LogP contribution is 2.26. The van der Waals surface area contributed by atoms with Gasteiger partial charge in [-0.05, 0) is 19.1 Å². The Morgan fingerprint density at radius 1 is 1.73 bits per heavy atom. The number of allylic oxidation sites excluding steroid dienone is 2. The lowest BCUT2D eigenvalue weighted by Gasteiger charge is -2.27. The van der Waals surface area contributed by atoms with E-state index in [0.717, 1.165) is 0 Å². The average Bonchev–Trinajstić information content (AvgIpc) is 2.61. The van der Waals surface area contributed by atoms with Gasteiger partial charge in [-0.3, -0.25) is 0 Å². The number of fused-ring (bicyclic) bond motifs is 1. The van der Waals surface area contributed by atoms with E-state index in [0.29, 0.717) is 17.3 Å². The lowest BCUT2D eigenvalue weighted by molar-refractivity contribution is -0.139. The molecule has 0 aliphatic carbocycles. The van der Waals surface area contributed by atoms with E-state index in [1.807, 2.05) is 6.20 Å². The Balaban J connectivity index is 2.18. The van der Waals surface area contributed by atoms with Crippen molar-refractivity contribution < 1.29 is 9.53 Å². The second kappa shape index (κ2) is 3.98. The van der Waals surface area contributed by atoms with Crippen LogP contribution in [0.5, 0.6) is 0 Å². The summed E-state index contributed by atoms with van der Waals surface area (Å²) in [5, 5.41) is 3.57. The molecule has 1 atom stereocenters. The second-order valence-corrected chi connectivity index (χ2v) is 3.51. The maximum absolute atomic E-state index is 11.6. The van der Waals surface area contributed by atoms with Crippen LogP contribution in [0, 0.1) is 0 Å². The smallest absolute Gasteiger partial charge is 0.338 e. The van der Waals surface area contributed by atoms with Gasteiger partial charge < -0.3 is 15.0 Å². The minimum Gasteiger partial charge on any atom is -0.463 e. The SMILES string of the molecule is CCOC(=O)C1=CC=CN2C(Cl)=CN[C@@H]12. The Labute approximate surface area is 92.8 Å². The Morgan fingerprint density at radius 2 is 2.53 bits per heavy atom. The predicted molar refractivity (Wildman–Crippen MR) is 56.6 cm³/mol. The van der Waals surface area contributed by atoms with Crippen molar-refractivity contribution in [1.82, 2.24) is 10.2 Å². The van der Waals surface area contributed by atoms with Gasteiger partial charge in [0.2, 0.25) is 0 Å². The van der Waals surface area contributed by atoms with Gasteiger partial charge in [0.25, 0.3) is 0 Å². The summed E-state index contributed by atoms with van der Waals surface area (Å²) in [5.74, 6) is -0.316. The first kappa shape index (κ1) is 10.1. The molecule has 2 heterocycles. The number of ether oxygens (including phenoxy) is 1. The van der Waals surface area contributed by atoms with E-state index >= 15 is 0 Å². The molecule has 0 saturated heterocycles. The Kier molecular flexibility index (Phi) is 2.68. The molecule has 0 aromatic rings. The summed E-state index contributed by atoms with van der Waals surface area (Å²) in [6.07, 6.45) is 6.74. The van der Waals surface area contributed by atoms with Crippen LogP contribution in [-0.4, -0.2) is 23.6 Å². The number of nitrogens with zero attached hydrogens (tertiary/aromatic N) is 1. The van der Waals surface area contributed by atoms with Crippen LogP contribution in [-0.2, 0) is 9.53 Å². The van der Waals surface area contributed by atoms with Crippen molar-refractivity contribution in [2.45, 2.75) is 13.1 Å². The van der Waals surface area contributed by atoms with E-state index in [-0.39, 0.29) is 12.1 Å². The van der Waals surface area contributed by atoms with Crippen molar-refractivity contribution in [3.05, 3.63) is 35.3 Å². The van der Waals surface area contributed by atoms with E-state index in [9.17, 15) is 4.79 Å². The summed E-state index contributed by atoms with van der Waals surface area (Å²) in [6.45, 7) is 2.15. The molecule has 0 amide bonds. The van der Waals surface area contributed by atoms with Crippen LogP contribution in [0.15, 0.2) is 35.3 Å². The van der Waals surface area contributed by atoms with E-state index in [2.05, 4.69) is 5.32 Å². The molecule has 1 N–H and O–H groups in total. The van der Waals surface area contributed by atoms with Crippen molar-refractivity contribution in [3.8, 4) is 0 Å². The van der Waals surface area contributed by atoms with Gasteiger partial charge in [-0.2, -0.15) is 0 Å². The Morgan fingerprint density at radius 3 is 3.27 bits per heavy atom. The maximum atomic E-state index is 11.6. The molecule has 2 aliphatic heterocycles. The van der Waals surface area contributed by atoms with E-state index in [1.165, 1.54) is 0 Å². The van der Waals surface area contributed by atoms with Crippen molar-refractivity contribution in [2.75, 3.05) is 6.61 Å². The minimum atomic E-state index is -0.316. The standard InChI is InChI=1S/C10H11ClN2O2/c1-2-15-10(14)7-4-3-5-13-8(11)6-12-9(7)13/h3-6,9,12H,2H2,1H3/t9-/m1/s1. The highest BCUT2D eigenvalue weighted by Gasteiger charge is 2.32. The van der Waals surface area contributed by atoms with Crippen LogP contribution < -0.4 is 5.32 Å². The fourth-order valence-corrected chi connectivity index (χ4v) is 1.76. The molecule has 15 heavy (non-hydrogen) atoms. The van der Waals surface area contributed by atoms with E-state index in [1.54, 1.807) is 30.2 Å². The summed E-state index contributed by atoms with van der Waals surface area (Å²) in [7, 11) is 0. The van der Waals surface area contributed by atoms with Crippen LogP contribution in [0.25, 0.3) is 0 Å². The molecule has 0 aromatic carbocycles. The van der Waals surface area contributed by atoms with Gasteiger partial charge in [0.05, 0.1) is 12.2 Å². The van der Waals surface area contributed by atoms with Crippen LogP contribution in [0.4, 0.5) is 0 Å². The fourth-order valence-electron chi connectivity index (χ4n) is 1.55. The summed E-state index contributed by atoms with van der Waals surface area (Å²) in [5.41, 5.74) is 0.561. The van der Waals surface area contributed by atoms with Crippen LogP contribution in [0.3, 0.4) is 0 Å². The number of hydrogen-bond donors (Lipinski definition) is 1. The number of hydrogen-bond acceptors (Lipinski definition) is 4. The molecular weight excluding hydrogens is 216 g/mol. The van der Waals surface area contributed by atoms with Crippen LogP contribution in [0.1, 0.15) is 6.92 Å². The normalized spacial score (nSPS) is 22.8. The fraction of sp³-hybridized carbons (Fsp3) is 0.300. The van der Waals surface area contributed by atoms with Crippen molar-refractivity contribution in [3.63, 3.8) is 0 Å². The number of halogens is 1. The molecule has 4 nitrogen and oxygen atoms in total. The Hall–Kier alpha value is -1.42. The number of nitrogens with one attached hydrogen (secondary N) is 1. The number of rotatable bonds is 2. The van der Waals surface area contributed by atoms with Gasteiger partial charge in [0.1, 0.15) is 11.3 Å². The van der Waals surface area contributed by atoms with Gasteiger partial charge in [0, 0.05) is 12.4 Å². The highest BCUT2D eigenvalue weighted by molar-refractivity contribution is 6.29. The molecular formula is C10H11ClN2O2. The molecule has 0 fully saturated rings. The van der Waals surface area contributed by atoms with E-state index in [4.69, 9.17) is 16.3 Å². The zero-order valence-electron chi connectivity index (χ0n) is 8.24. The zero-order chi connectivity index (χ0) is 10.8. The molecule has 0 bridgehead atoms. The number of esters is 1. The third-order valence-electron chi connectivity index (χ3n) is 2.21. The van der Waals surface area contributed by atoms with Crippen molar-refractivity contribution in [2.24, 2.45) is 0 Å².